The van der Waals surface area contributed by atoms with E-state index in [0.29, 0.717) is 25.7 Å². The lowest BCUT2D eigenvalue weighted by atomic mass is 10.2. The largest absolute Gasteiger partial charge is 0.497 e. The predicted molar refractivity (Wildman–Crippen MR) is 70.9 cm³/mol. The van der Waals surface area contributed by atoms with Crippen LogP contribution in [0.3, 0.4) is 0 Å². The van der Waals surface area contributed by atoms with E-state index in [4.69, 9.17) is 14.2 Å². The number of benzene rings is 1. The molecule has 0 spiro atoms. The molecular weight excluding hydrogens is 244 g/mol. The van der Waals surface area contributed by atoms with Crippen molar-refractivity contribution in [2.24, 2.45) is 11.8 Å². The Bertz CT molecular complexity index is 413. The number of ether oxygens (including phenoxy) is 3. The molecule has 0 saturated heterocycles. The first-order chi connectivity index (χ1) is 9.24. The molecule has 0 radical (unpaired) electrons. The van der Waals surface area contributed by atoms with E-state index in [0.717, 1.165) is 17.7 Å². The Labute approximate surface area is 113 Å². The molecule has 19 heavy (non-hydrogen) atoms. The fourth-order valence-corrected chi connectivity index (χ4v) is 2.02. The van der Waals surface area contributed by atoms with Crippen molar-refractivity contribution in [2.75, 3.05) is 20.3 Å². The predicted octanol–water partition coefficient (Wildman–Crippen LogP) is 2.41. The maximum absolute atomic E-state index is 11.4. The molecule has 1 aliphatic rings. The first-order valence-corrected chi connectivity index (χ1v) is 6.62. The zero-order valence-corrected chi connectivity index (χ0v) is 11.4. The van der Waals surface area contributed by atoms with Crippen LogP contribution in [0.1, 0.15) is 18.9 Å². The van der Waals surface area contributed by atoms with Crippen LogP contribution < -0.4 is 4.74 Å². The Morgan fingerprint density at radius 2 is 2.05 bits per heavy atom. The van der Waals surface area contributed by atoms with Crippen LogP contribution in [0.15, 0.2) is 24.3 Å². The highest BCUT2D eigenvalue weighted by Gasteiger charge is 2.44. The highest BCUT2D eigenvalue weighted by Crippen LogP contribution is 2.39. The Morgan fingerprint density at radius 1 is 1.32 bits per heavy atom. The van der Waals surface area contributed by atoms with E-state index in [2.05, 4.69) is 0 Å². The minimum absolute atomic E-state index is 0.0517. The van der Waals surface area contributed by atoms with Crippen molar-refractivity contribution in [2.45, 2.75) is 20.0 Å². The van der Waals surface area contributed by atoms with Crippen molar-refractivity contribution in [1.82, 2.24) is 0 Å². The zero-order chi connectivity index (χ0) is 13.7. The summed E-state index contributed by atoms with van der Waals surface area (Å²) in [7, 11) is 1.65. The molecule has 0 N–H and O–H groups in total. The van der Waals surface area contributed by atoms with Crippen molar-refractivity contribution < 1.29 is 19.0 Å². The SMILES string of the molecule is CCOC(=O)[C@H]1CC1COCc1ccc(OC)cc1. The van der Waals surface area contributed by atoms with Gasteiger partial charge in [-0.1, -0.05) is 12.1 Å². The molecular formula is C15H20O4. The number of hydrogen-bond donors (Lipinski definition) is 0. The van der Waals surface area contributed by atoms with Crippen LogP contribution in [0, 0.1) is 11.8 Å². The Hall–Kier alpha value is -1.55. The summed E-state index contributed by atoms with van der Waals surface area (Å²) in [6, 6.07) is 7.79. The van der Waals surface area contributed by atoms with E-state index in [1.165, 1.54) is 0 Å². The van der Waals surface area contributed by atoms with Crippen molar-refractivity contribution in [3.63, 3.8) is 0 Å². The summed E-state index contributed by atoms with van der Waals surface area (Å²) < 4.78 is 15.7. The third-order valence-corrected chi connectivity index (χ3v) is 3.27. The third kappa shape index (κ3) is 3.96. The van der Waals surface area contributed by atoms with Crippen molar-refractivity contribution in [1.29, 1.82) is 0 Å². The molecule has 1 unspecified atom stereocenters. The van der Waals surface area contributed by atoms with Gasteiger partial charge in [-0.2, -0.15) is 0 Å². The van der Waals surface area contributed by atoms with Gasteiger partial charge in [0.25, 0.3) is 0 Å². The van der Waals surface area contributed by atoms with Gasteiger partial charge in [0.2, 0.25) is 0 Å². The normalized spacial score (nSPS) is 20.9. The van der Waals surface area contributed by atoms with Gasteiger partial charge in [0.05, 0.1) is 32.8 Å². The van der Waals surface area contributed by atoms with Crippen LogP contribution in [0.5, 0.6) is 5.75 Å². The van der Waals surface area contributed by atoms with Crippen LogP contribution in [-0.2, 0) is 20.9 Å². The van der Waals surface area contributed by atoms with Gasteiger partial charge in [0.15, 0.2) is 0 Å². The van der Waals surface area contributed by atoms with Crippen molar-refractivity contribution in [3.05, 3.63) is 29.8 Å². The molecule has 4 heteroatoms. The molecule has 1 saturated carbocycles. The van der Waals surface area contributed by atoms with Gasteiger partial charge in [-0.15, -0.1) is 0 Å². The van der Waals surface area contributed by atoms with E-state index < -0.39 is 0 Å². The van der Waals surface area contributed by atoms with Crippen molar-refractivity contribution in [3.8, 4) is 5.75 Å². The van der Waals surface area contributed by atoms with E-state index in [1.807, 2.05) is 31.2 Å². The lowest BCUT2D eigenvalue weighted by Gasteiger charge is -2.05. The van der Waals surface area contributed by atoms with Crippen LogP contribution in [0.25, 0.3) is 0 Å². The van der Waals surface area contributed by atoms with Crippen LogP contribution in [-0.4, -0.2) is 26.3 Å². The molecule has 104 valence electrons. The first-order valence-electron chi connectivity index (χ1n) is 6.62. The summed E-state index contributed by atoms with van der Waals surface area (Å²) in [5.41, 5.74) is 1.11. The van der Waals surface area contributed by atoms with E-state index in [1.54, 1.807) is 7.11 Å². The monoisotopic (exact) mass is 264 g/mol. The molecule has 0 heterocycles. The topological polar surface area (TPSA) is 44.8 Å². The molecule has 0 amide bonds. The second-order valence-electron chi connectivity index (χ2n) is 4.72. The zero-order valence-electron chi connectivity index (χ0n) is 11.4. The van der Waals surface area contributed by atoms with Gasteiger partial charge in [0.1, 0.15) is 5.75 Å². The van der Waals surface area contributed by atoms with Gasteiger partial charge >= 0.3 is 5.97 Å². The van der Waals surface area contributed by atoms with Gasteiger partial charge in [0, 0.05) is 0 Å². The second kappa shape index (κ2) is 6.57. The molecule has 4 nitrogen and oxygen atoms in total. The van der Waals surface area contributed by atoms with E-state index in [-0.39, 0.29) is 11.9 Å². The average molecular weight is 264 g/mol. The number of hydrogen-bond acceptors (Lipinski definition) is 4. The number of carbonyl (C=O) groups is 1. The summed E-state index contributed by atoms with van der Waals surface area (Å²) in [6.07, 6.45) is 0.890. The number of esters is 1. The Balaban J connectivity index is 1.66. The first kappa shape index (κ1) is 13.9. The van der Waals surface area contributed by atoms with Gasteiger partial charge in [-0.3, -0.25) is 4.79 Å². The standard InChI is InChI=1S/C15H20O4/c1-3-19-15(16)14-8-12(14)10-18-9-11-4-6-13(17-2)7-5-11/h4-7,12,14H,3,8-10H2,1-2H3/t12?,14-/m0/s1. The van der Waals surface area contributed by atoms with E-state index >= 15 is 0 Å². The summed E-state index contributed by atoms with van der Waals surface area (Å²) in [5, 5.41) is 0. The second-order valence-corrected chi connectivity index (χ2v) is 4.72. The lowest BCUT2D eigenvalue weighted by molar-refractivity contribution is -0.145. The van der Waals surface area contributed by atoms with Crippen LogP contribution in [0.2, 0.25) is 0 Å². The number of methoxy groups -OCH3 is 1. The molecule has 0 aliphatic heterocycles. The molecule has 0 aromatic heterocycles. The summed E-state index contributed by atoms with van der Waals surface area (Å²) in [5.74, 6) is 1.14. The van der Waals surface area contributed by atoms with Crippen LogP contribution in [0.4, 0.5) is 0 Å². The third-order valence-electron chi connectivity index (χ3n) is 3.27. The molecule has 1 fully saturated rings. The van der Waals surface area contributed by atoms with Crippen LogP contribution >= 0.6 is 0 Å². The summed E-state index contributed by atoms with van der Waals surface area (Å²) >= 11 is 0. The van der Waals surface area contributed by atoms with Gasteiger partial charge in [-0.05, 0) is 37.0 Å². The fraction of sp³-hybridized carbons (Fsp3) is 0.533. The lowest BCUT2D eigenvalue weighted by Crippen LogP contribution is -2.09. The molecule has 1 aromatic rings. The molecule has 1 aromatic carbocycles. The molecule has 0 bridgehead atoms. The summed E-state index contributed by atoms with van der Waals surface area (Å²) in [4.78, 5) is 11.4. The molecule has 2 rings (SSSR count). The minimum atomic E-state index is -0.0828. The quantitative estimate of drug-likeness (QED) is 0.709. The number of rotatable bonds is 7. The maximum Gasteiger partial charge on any atom is 0.309 e. The fourth-order valence-electron chi connectivity index (χ4n) is 2.02. The smallest absolute Gasteiger partial charge is 0.309 e. The number of carbonyl (C=O) groups excluding carboxylic acids is 1. The highest BCUT2D eigenvalue weighted by atomic mass is 16.5. The Morgan fingerprint density at radius 3 is 2.68 bits per heavy atom. The van der Waals surface area contributed by atoms with Crippen molar-refractivity contribution >= 4 is 5.97 Å². The van der Waals surface area contributed by atoms with E-state index in [9.17, 15) is 4.79 Å². The minimum Gasteiger partial charge on any atom is -0.497 e. The summed E-state index contributed by atoms with van der Waals surface area (Å²) in [6.45, 7) is 3.47. The highest BCUT2D eigenvalue weighted by molar-refractivity contribution is 5.75. The molecule has 1 aliphatic carbocycles. The van der Waals surface area contributed by atoms with Gasteiger partial charge in [-0.25, -0.2) is 0 Å². The average Bonchev–Trinajstić information content (AvgIpc) is 3.19. The molecule has 2 atom stereocenters. The Kier molecular flexibility index (Phi) is 4.80. The maximum atomic E-state index is 11.4. The van der Waals surface area contributed by atoms with Gasteiger partial charge < -0.3 is 14.2 Å².